The normalized spacial score (nSPS) is 10.6. The zero-order valence-corrected chi connectivity index (χ0v) is 10.2. The van der Waals surface area contributed by atoms with Crippen LogP contribution in [0.5, 0.6) is 0 Å². The van der Waals surface area contributed by atoms with Gasteiger partial charge in [-0.3, -0.25) is 0 Å². The molecule has 2 nitrogen and oxygen atoms in total. The van der Waals surface area contributed by atoms with Gasteiger partial charge in [0.15, 0.2) is 0 Å². The highest BCUT2D eigenvalue weighted by molar-refractivity contribution is 7.13. The molecule has 17 heavy (non-hydrogen) atoms. The molecule has 0 spiro atoms. The number of hydrogen-bond acceptors (Lipinski definition) is 3. The van der Waals surface area contributed by atoms with Gasteiger partial charge in [0.2, 0.25) is 0 Å². The fraction of sp³-hybridized carbons (Fsp3) is 0.0714. The summed E-state index contributed by atoms with van der Waals surface area (Å²) in [4.78, 5) is 4.61. The Kier molecular flexibility index (Phi) is 2.53. The molecule has 0 N–H and O–H groups in total. The predicted octanol–water partition coefficient (Wildman–Crippen LogP) is 4.38. The van der Waals surface area contributed by atoms with E-state index in [2.05, 4.69) is 41.6 Å². The monoisotopic (exact) mass is 241 g/mol. The molecule has 0 atom stereocenters. The number of furan rings is 1. The summed E-state index contributed by atoms with van der Waals surface area (Å²) in [5.41, 5.74) is 4.47. The predicted molar refractivity (Wildman–Crippen MR) is 70.0 cm³/mol. The van der Waals surface area contributed by atoms with E-state index < -0.39 is 0 Å². The van der Waals surface area contributed by atoms with Gasteiger partial charge in [0, 0.05) is 16.5 Å². The first kappa shape index (κ1) is 10.3. The van der Waals surface area contributed by atoms with Crippen LogP contribution < -0.4 is 0 Å². The van der Waals surface area contributed by atoms with E-state index in [0.717, 1.165) is 21.8 Å². The third-order valence-electron chi connectivity index (χ3n) is 2.62. The van der Waals surface area contributed by atoms with Crippen molar-refractivity contribution >= 4 is 11.3 Å². The van der Waals surface area contributed by atoms with E-state index in [1.165, 1.54) is 5.56 Å². The summed E-state index contributed by atoms with van der Waals surface area (Å²) < 4.78 is 5.07. The summed E-state index contributed by atoms with van der Waals surface area (Å²) in [6, 6.07) is 10.3. The standard InChI is InChI=1S/C14H11NOS/c1-10-2-4-11(5-3-10)13-9-17-14(15-13)12-6-7-16-8-12/h2-9H,1H3. The van der Waals surface area contributed by atoms with Crippen LogP contribution in [-0.2, 0) is 0 Å². The number of rotatable bonds is 2. The van der Waals surface area contributed by atoms with Crippen LogP contribution in [0.1, 0.15) is 5.56 Å². The zero-order chi connectivity index (χ0) is 11.7. The molecule has 0 aliphatic heterocycles. The average Bonchev–Trinajstić information content (AvgIpc) is 3.00. The number of thiazole rings is 1. The Morgan fingerprint density at radius 3 is 2.59 bits per heavy atom. The van der Waals surface area contributed by atoms with Gasteiger partial charge >= 0.3 is 0 Å². The minimum Gasteiger partial charge on any atom is -0.472 e. The molecule has 84 valence electrons. The van der Waals surface area contributed by atoms with Crippen molar-refractivity contribution in [2.24, 2.45) is 0 Å². The van der Waals surface area contributed by atoms with Gasteiger partial charge in [-0.15, -0.1) is 11.3 Å². The van der Waals surface area contributed by atoms with Crippen molar-refractivity contribution in [1.29, 1.82) is 0 Å². The van der Waals surface area contributed by atoms with Crippen LogP contribution in [0.2, 0.25) is 0 Å². The quantitative estimate of drug-likeness (QED) is 0.665. The average molecular weight is 241 g/mol. The SMILES string of the molecule is Cc1ccc(-c2csc(-c3ccoc3)n2)cc1. The third-order valence-corrected chi connectivity index (χ3v) is 3.51. The fourth-order valence-corrected chi connectivity index (χ4v) is 2.46. The summed E-state index contributed by atoms with van der Waals surface area (Å²) in [7, 11) is 0. The first-order chi connectivity index (χ1) is 8.33. The van der Waals surface area contributed by atoms with Gasteiger partial charge in [-0.05, 0) is 13.0 Å². The summed E-state index contributed by atoms with van der Waals surface area (Å²) in [6.07, 6.45) is 3.39. The first-order valence-electron chi connectivity index (χ1n) is 5.38. The van der Waals surface area contributed by atoms with E-state index in [-0.39, 0.29) is 0 Å². The lowest BCUT2D eigenvalue weighted by molar-refractivity contribution is 0.568. The van der Waals surface area contributed by atoms with Crippen LogP contribution in [0, 0.1) is 6.92 Å². The van der Waals surface area contributed by atoms with Crippen LogP contribution in [-0.4, -0.2) is 4.98 Å². The summed E-state index contributed by atoms with van der Waals surface area (Å²) in [5.74, 6) is 0. The highest BCUT2D eigenvalue weighted by Crippen LogP contribution is 2.29. The molecule has 0 fully saturated rings. The highest BCUT2D eigenvalue weighted by atomic mass is 32.1. The topological polar surface area (TPSA) is 26.0 Å². The molecule has 0 amide bonds. The molecule has 0 bridgehead atoms. The molecular weight excluding hydrogens is 230 g/mol. The molecule has 0 unspecified atom stereocenters. The van der Waals surface area contributed by atoms with Gasteiger partial charge in [-0.25, -0.2) is 4.98 Å². The molecular formula is C14H11NOS. The first-order valence-corrected chi connectivity index (χ1v) is 6.26. The van der Waals surface area contributed by atoms with E-state index in [4.69, 9.17) is 4.42 Å². The molecule has 0 saturated carbocycles. The summed E-state index contributed by atoms with van der Waals surface area (Å²) in [5, 5.41) is 3.07. The van der Waals surface area contributed by atoms with E-state index in [1.807, 2.05) is 6.07 Å². The molecule has 0 aliphatic carbocycles. The van der Waals surface area contributed by atoms with Gasteiger partial charge in [-0.2, -0.15) is 0 Å². The molecule has 0 aliphatic rings. The second kappa shape index (κ2) is 4.18. The van der Waals surface area contributed by atoms with Gasteiger partial charge in [0.25, 0.3) is 0 Å². The Balaban J connectivity index is 1.98. The number of benzene rings is 1. The Morgan fingerprint density at radius 1 is 1.06 bits per heavy atom. The van der Waals surface area contributed by atoms with Crippen molar-refractivity contribution in [1.82, 2.24) is 4.98 Å². The van der Waals surface area contributed by atoms with E-state index in [1.54, 1.807) is 23.9 Å². The molecule has 1 aromatic carbocycles. The summed E-state index contributed by atoms with van der Waals surface area (Å²) in [6.45, 7) is 2.09. The van der Waals surface area contributed by atoms with Gasteiger partial charge < -0.3 is 4.42 Å². The lowest BCUT2D eigenvalue weighted by Gasteiger charge is -1.96. The van der Waals surface area contributed by atoms with E-state index >= 15 is 0 Å². The van der Waals surface area contributed by atoms with Crippen molar-refractivity contribution in [3.05, 3.63) is 53.8 Å². The maximum atomic E-state index is 5.07. The smallest absolute Gasteiger partial charge is 0.127 e. The molecule has 2 aromatic heterocycles. The van der Waals surface area contributed by atoms with Crippen LogP contribution in [0.3, 0.4) is 0 Å². The van der Waals surface area contributed by atoms with Crippen LogP contribution >= 0.6 is 11.3 Å². The minimum absolute atomic E-state index is 0.995. The van der Waals surface area contributed by atoms with Crippen molar-refractivity contribution in [3.63, 3.8) is 0 Å². The Hall–Kier alpha value is -1.87. The number of hydrogen-bond donors (Lipinski definition) is 0. The van der Waals surface area contributed by atoms with Crippen molar-refractivity contribution in [2.75, 3.05) is 0 Å². The van der Waals surface area contributed by atoms with Crippen LogP contribution in [0.15, 0.2) is 52.7 Å². The largest absolute Gasteiger partial charge is 0.472 e. The second-order valence-electron chi connectivity index (χ2n) is 3.92. The Bertz CT molecular complexity index is 608. The van der Waals surface area contributed by atoms with E-state index in [0.29, 0.717) is 0 Å². The molecule has 3 heteroatoms. The van der Waals surface area contributed by atoms with Gasteiger partial charge in [-0.1, -0.05) is 29.8 Å². The molecule has 0 saturated heterocycles. The fourth-order valence-electron chi connectivity index (χ4n) is 1.65. The lowest BCUT2D eigenvalue weighted by Crippen LogP contribution is -1.79. The van der Waals surface area contributed by atoms with Crippen molar-refractivity contribution < 1.29 is 4.42 Å². The van der Waals surface area contributed by atoms with Crippen LogP contribution in [0.25, 0.3) is 21.8 Å². The lowest BCUT2D eigenvalue weighted by atomic mass is 10.1. The van der Waals surface area contributed by atoms with Crippen molar-refractivity contribution in [3.8, 4) is 21.8 Å². The molecule has 3 aromatic rings. The maximum absolute atomic E-state index is 5.07. The van der Waals surface area contributed by atoms with Crippen LogP contribution in [0.4, 0.5) is 0 Å². The zero-order valence-electron chi connectivity index (χ0n) is 9.38. The summed E-state index contributed by atoms with van der Waals surface area (Å²) >= 11 is 1.64. The van der Waals surface area contributed by atoms with Gasteiger partial charge in [0.05, 0.1) is 12.0 Å². The third kappa shape index (κ3) is 2.01. The number of aromatic nitrogens is 1. The molecule has 3 rings (SSSR count). The van der Waals surface area contributed by atoms with Crippen molar-refractivity contribution in [2.45, 2.75) is 6.92 Å². The highest BCUT2D eigenvalue weighted by Gasteiger charge is 2.07. The maximum Gasteiger partial charge on any atom is 0.127 e. The minimum atomic E-state index is 0.995. The molecule has 0 radical (unpaired) electrons. The Labute approximate surface area is 104 Å². The Morgan fingerprint density at radius 2 is 1.88 bits per heavy atom. The van der Waals surface area contributed by atoms with Gasteiger partial charge in [0.1, 0.15) is 11.3 Å². The van der Waals surface area contributed by atoms with E-state index in [9.17, 15) is 0 Å². The number of nitrogens with zero attached hydrogens (tertiary/aromatic N) is 1. The number of aryl methyl sites for hydroxylation is 1. The second-order valence-corrected chi connectivity index (χ2v) is 4.77. The molecule has 2 heterocycles.